The lowest BCUT2D eigenvalue weighted by Gasteiger charge is -2.60. The highest BCUT2D eigenvalue weighted by molar-refractivity contribution is 6.01. The van der Waals surface area contributed by atoms with E-state index in [9.17, 15) is 14.4 Å². The molecule has 0 unspecified atom stereocenters. The van der Waals surface area contributed by atoms with Crippen LogP contribution in [0.15, 0.2) is 58.7 Å². The van der Waals surface area contributed by atoms with Gasteiger partial charge in [-0.1, -0.05) is 69.7 Å². The van der Waals surface area contributed by atoms with Gasteiger partial charge in [0.1, 0.15) is 5.78 Å². The largest absolute Gasteiger partial charge is 0.478 e. The Labute approximate surface area is 204 Å². The number of allylic oxidation sites excluding steroid dienone is 9. The predicted molar refractivity (Wildman–Crippen MR) is 136 cm³/mol. The van der Waals surface area contributed by atoms with Crippen LogP contribution in [-0.2, 0) is 14.4 Å². The Morgan fingerprint density at radius 3 is 2.24 bits per heavy atom. The normalized spacial score (nSPS) is 35.6. The summed E-state index contributed by atoms with van der Waals surface area (Å²) >= 11 is 0. The molecule has 3 aliphatic carbocycles. The van der Waals surface area contributed by atoms with Gasteiger partial charge in [0.15, 0.2) is 5.78 Å². The number of carboxylic acids is 1. The van der Waals surface area contributed by atoms with Gasteiger partial charge in [-0.3, -0.25) is 9.59 Å². The highest BCUT2D eigenvalue weighted by Gasteiger charge is 2.64. The van der Waals surface area contributed by atoms with Crippen LogP contribution in [0.1, 0.15) is 80.6 Å². The quantitative estimate of drug-likeness (QED) is 0.359. The zero-order chi connectivity index (χ0) is 25.5. The first-order valence-electron chi connectivity index (χ1n) is 12.5. The third kappa shape index (κ3) is 4.44. The molecule has 3 rings (SSSR count). The molecule has 0 spiro atoms. The van der Waals surface area contributed by atoms with E-state index in [2.05, 4.69) is 27.7 Å². The van der Waals surface area contributed by atoms with Gasteiger partial charge in [-0.25, -0.2) is 4.79 Å². The van der Waals surface area contributed by atoms with Crippen LogP contribution in [0.3, 0.4) is 0 Å². The molecule has 34 heavy (non-hydrogen) atoms. The van der Waals surface area contributed by atoms with Gasteiger partial charge in [-0.05, 0) is 62.9 Å². The maximum Gasteiger partial charge on any atom is 0.331 e. The smallest absolute Gasteiger partial charge is 0.331 e. The Morgan fingerprint density at radius 2 is 1.59 bits per heavy atom. The first-order valence-corrected chi connectivity index (χ1v) is 12.5. The second kappa shape index (κ2) is 9.28. The van der Waals surface area contributed by atoms with Crippen molar-refractivity contribution in [1.82, 2.24) is 0 Å². The van der Waals surface area contributed by atoms with E-state index in [0.717, 1.165) is 36.0 Å². The summed E-state index contributed by atoms with van der Waals surface area (Å²) in [7, 11) is 0. The van der Waals surface area contributed by atoms with Crippen molar-refractivity contribution in [2.75, 3.05) is 0 Å². The van der Waals surface area contributed by atoms with Crippen molar-refractivity contribution in [2.45, 2.75) is 80.6 Å². The highest BCUT2D eigenvalue weighted by atomic mass is 16.4. The Bertz CT molecular complexity index is 1050. The lowest BCUT2D eigenvalue weighted by Crippen LogP contribution is -2.56. The minimum atomic E-state index is -0.923. The number of fused-ring (bicyclic) bond motifs is 3. The van der Waals surface area contributed by atoms with Gasteiger partial charge in [0, 0.05) is 34.8 Å². The van der Waals surface area contributed by atoms with Crippen molar-refractivity contribution in [3.8, 4) is 0 Å². The molecule has 4 heteroatoms. The third-order valence-electron chi connectivity index (χ3n) is 9.18. The molecule has 0 saturated heterocycles. The van der Waals surface area contributed by atoms with Crippen LogP contribution in [0.5, 0.6) is 0 Å². The average molecular weight is 465 g/mol. The monoisotopic (exact) mass is 464 g/mol. The first kappa shape index (κ1) is 26.1. The molecular weight excluding hydrogens is 424 g/mol. The lowest BCUT2D eigenvalue weighted by molar-refractivity contribution is -0.154. The third-order valence-corrected chi connectivity index (χ3v) is 9.18. The van der Waals surface area contributed by atoms with E-state index in [-0.39, 0.29) is 33.5 Å². The molecule has 4 nitrogen and oxygen atoms in total. The number of carboxylic acid groups (broad SMARTS) is 1. The maximum absolute atomic E-state index is 13.3. The van der Waals surface area contributed by atoms with Gasteiger partial charge in [-0.15, -0.1) is 0 Å². The molecule has 0 heterocycles. The second-order valence-corrected chi connectivity index (χ2v) is 11.7. The summed E-state index contributed by atoms with van der Waals surface area (Å²) in [4.78, 5) is 36.9. The molecule has 0 aliphatic heterocycles. The number of hydrogen-bond donors (Lipinski definition) is 1. The summed E-state index contributed by atoms with van der Waals surface area (Å²) in [6.07, 6.45) is 15.2. The molecule has 1 N–H and O–H groups in total. The summed E-state index contributed by atoms with van der Waals surface area (Å²) in [5.74, 6) is 0.330. The number of carbonyl (C=O) groups excluding carboxylic acids is 2. The van der Waals surface area contributed by atoms with Gasteiger partial charge in [0.25, 0.3) is 0 Å². The summed E-state index contributed by atoms with van der Waals surface area (Å²) in [6.45, 7) is 14.4. The molecule has 0 aromatic rings. The summed E-state index contributed by atoms with van der Waals surface area (Å²) in [5, 5.41) is 8.92. The van der Waals surface area contributed by atoms with E-state index in [1.165, 1.54) is 0 Å². The van der Waals surface area contributed by atoms with E-state index in [1.807, 2.05) is 38.2 Å². The van der Waals surface area contributed by atoms with Crippen molar-refractivity contribution in [3.05, 3.63) is 58.7 Å². The average Bonchev–Trinajstić information content (AvgIpc) is 3.02. The van der Waals surface area contributed by atoms with Crippen molar-refractivity contribution in [3.63, 3.8) is 0 Å². The van der Waals surface area contributed by atoms with Crippen LogP contribution < -0.4 is 0 Å². The molecular formula is C30H40O4. The van der Waals surface area contributed by atoms with E-state index in [1.54, 1.807) is 19.1 Å². The number of carbonyl (C=O) groups is 3. The zero-order valence-corrected chi connectivity index (χ0v) is 21.8. The molecule has 0 aromatic carbocycles. The zero-order valence-electron chi connectivity index (χ0n) is 21.8. The molecule has 0 amide bonds. The fraction of sp³-hybridized carbons (Fsp3) is 0.567. The SMILES string of the molecule is C/C(=C/C=C/C(C)=C/C=C/C(C)=C1\C(=O)C[C@H]2[C@@]3(C)CCC(=O)C(C)(C)[C@@H]3CC[C@]12C)C(=O)O. The van der Waals surface area contributed by atoms with Crippen LogP contribution in [0.25, 0.3) is 0 Å². The topological polar surface area (TPSA) is 71.4 Å². The van der Waals surface area contributed by atoms with E-state index >= 15 is 0 Å². The minimum Gasteiger partial charge on any atom is -0.478 e. The Hall–Kier alpha value is -2.49. The van der Waals surface area contributed by atoms with Gasteiger partial charge < -0.3 is 5.11 Å². The maximum atomic E-state index is 13.3. The summed E-state index contributed by atoms with van der Waals surface area (Å²) in [6, 6.07) is 0. The Balaban J connectivity index is 1.86. The molecule has 3 aliphatic rings. The van der Waals surface area contributed by atoms with Gasteiger partial charge >= 0.3 is 5.97 Å². The molecule has 184 valence electrons. The predicted octanol–water partition coefficient (Wildman–Crippen LogP) is 6.79. The fourth-order valence-electron chi connectivity index (χ4n) is 7.28. The lowest BCUT2D eigenvalue weighted by atomic mass is 9.43. The molecule has 0 radical (unpaired) electrons. The van der Waals surface area contributed by atoms with Crippen LogP contribution in [0, 0.1) is 28.1 Å². The van der Waals surface area contributed by atoms with Crippen molar-refractivity contribution >= 4 is 17.5 Å². The molecule has 0 aromatic heterocycles. The van der Waals surface area contributed by atoms with Crippen LogP contribution in [0.4, 0.5) is 0 Å². The number of Topliss-reactive ketones (excluding diaryl/α,β-unsaturated/α-hetero) is 2. The van der Waals surface area contributed by atoms with Crippen molar-refractivity contribution in [2.24, 2.45) is 28.1 Å². The fourth-order valence-corrected chi connectivity index (χ4v) is 7.28. The number of aliphatic carboxylic acids is 1. The highest BCUT2D eigenvalue weighted by Crippen LogP contribution is 2.68. The molecule has 3 saturated carbocycles. The van der Waals surface area contributed by atoms with E-state index < -0.39 is 5.97 Å². The second-order valence-electron chi connectivity index (χ2n) is 11.7. The Kier molecular flexibility index (Phi) is 7.13. The number of hydrogen-bond acceptors (Lipinski definition) is 3. The molecule has 4 atom stereocenters. The summed E-state index contributed by atoms with van der Waals surface area (Å²) in [5.41, 5.74) is 2.83. The minimum absolute atomic E-state index is 0.00863. The first-order chi connectivity index (χ1) is 15.7. The van der Waals surface area contributed by atoms with Gasteiger partial charge in [0.2, 0.25) is 0 Å². The van der Waals surface area contributed by atoms with Gasteiger partial charge in [0.05, 0.1) is 0 Å². The van der Waals surface area contributed by atoms with Crippen molar-refractivity contribution < 1.29 is 19.5 Å². The summed E-state index contributed by atoms with van der Waals surface area (Å²) < 4.78 is 0. The van der Waals surface area contributed by atoms with Crippen molar-refractivity contribution in [1.29, 1.82) is 0 Å². The van der Waals surface area contributed by atoms with Crippen LogP contribution >= 0.6 is 0 Å². The van der Waals surface area contributed by atoms with Gasteiger partial charge in [-0.2, -0.15) is 0 Å². The van der Waals surface area contributed by atoms with Crippen LogP contribution in [-0.4, -0.2) is 22.6 Å². The van der Waals surface area contributed by atoms with E-state index in [0.29, 0.717) is 24.5 Å². The number of ketones is 2. The Morgan fingerprint density at radius 1 is 0.941 bits per heavy atom. The molecule has 3 fully saturated rings. The number of rotatable bonds is 5. The van der Waals surface area contributed by atoms with E-state index in [4.69, 9.17) is 5.11 Å². The molecule has 0 bridgehead atoms. The van der Waals surface area contributed by atoms with Crippen LogP contribution in [0.2, 0.25) is 0 Å². The standard InChI is InChI=1S/C30H40O4/c1-19(11-9-13-21(3)27(33)34)10-8-12-20(2)26-22(31)18-24-29(6)17-15-25(32)28(4,5)23(29)14-16-30(24,26)7/h8-13,23-24H,14-18H2,1-7H3,(H,33,34)/b11-9+,12-8+,19-10+,21-13-,26-20+/t23-,24-,29-,30-/m0/s1.